The predicted octanol–water partition coefficient (Wildman–Crippen LogP) is 3.05. The minimum Gasteiger partial charge on any atom is -0.437 e. The molecule has 0 unspecified atom stereocenters. The van der Waals surface area contributed by atoms with Gasteiger partial charge in [-0.2, -0.15) is 0 Å². The Morgan fingerprint density at radius 3 is 2.86 bits per heavy atom. The maximum atomic E-state index is 11.2. The van der Waals surface area contributed by atoms with E-state index in [1.807, 2.05) is 12.1 Å². The molecule has 21 heavy (non-hydrogen) atoms. The summed E-state index contributed by atoms with van der Waals surface area (Å²) >= 11 is 0. The van der Waals surface area contributed by atoms with Gasteiger partial charge in [0.2, 0.25) is 11.8 Å². The Morgan fingerprint density at radius 1 is 1.29 bits per heavy atom. The highest BCUT2D eigenvalue weighted by atomic mass is 16.5. The molecule has 0 aliphatic heterocycles. The molecular weight excluding hydrogens is 268 g/mol. The van der Waals surface area contributed by atoms with Gasteiger partial charge in [0.05, 0.1) is 5.69 Å². The fourth-order valence-corrected chi connectivity index (χ4v) is 1.71. The number of hydrogen-bond donors (Lipinski definition) is 2. The SMILES string of the molecule is CCCNc1cc(Oc2ccccc2NC(C)=O)ncn1. The van der Waals surface area contributed by atoms with Crippen LogP contribution >= 0.6 is 0 Å². The van der Waals surface area contributed by atoms with Gasteiger partial charge in [-0.1, -0.05) is 19.1 Å². The maximum absolute atomic E-state index is 11.2. The Labute approximate surface area is 123 Å². The number of carbonyl (C=O) groups excluding carboxylic acids is 1. The minimum absolute atomic E-state index is 0.154. The van der Waals surface area contributed by atoms with Gasteiger partial charge in [0.25, 0.3) is 0 Å². The largest absolute Gasteiger partial charge is 0.437 e. The molecule has 0 radical (unpaired) electrons. The van der Waals surface area contributed by atoms with E-state index < -0.39 is 0 Å². The van der Waals surface area contributed by atoms with Crippen molar-refractivity contribution in [2.24, 2.45) is 0 Å². The van der Waals surface area contributed by atoms with Gasteiger partial charge in [0.15, 0.2) is 5.75 Å². The average molecular weight is 286 g/mol. The highest BCUT2D eigenvalue weighted by Gasteiger charge is 2.07. The number of ether oxygens (including phenoxy) is 1. The predicted molar refractivity (Wildman–Crippen MR) is 81.6 cm³/mol. The molecule has 0 fully saturated rings. The molecule has 6 nitrogen and oxygen atoms in total. The number of nitrogens with one attached hydrogen (secondary N) is 2. The molecule has 6 heteroatoms. The molecule has 2 aromatic rings. The number of hydrogen-bond acceptors (Lipinski definition) is 5. The van der Waals surface area contributed by atoms with Gasteiger partial charge in [-0.3, -0.25) is 4.79 Å². The maximum Gasteiger partial charge on any atom is 0.224 e. The van der Waals surface area contributed by atoms with Crippen LogP contribution in [0.4, 0.5) is 11.5 Å². The van der Waals surface area contributed by atoms with E-state index in [2.05, 4.69) is 27.5 Å². The zero-order chi connectivity index (χ0) is 15.1. The Hall–Kier alpha value is -2.63. The molecular formula is C15H18N4O2. The summed E-state index contributed by atoms with van der Waals surface area (Å²) in [7, 11) is 0. The molecule has 0 saturated carbocycles. The van der Waals surface area contributed by atoms with Crippen LogP contribution in [0, 0.1) is 0 Å². The molecule has 1 amide bonds. The van der Waals surface area contributed by atoms with Gasteiger partial charge in [-0.05, 0) is 18.6 Å². The first kappa shape index (κ1) is 14.8. The number of benzene rings is 1. The molecule has 2 N–H and O–H groups in total. The van der Waals surface area contributed by atoms with Crippen LogP contribution in [-0.2, 0) is 4.79 Å². The highest BCUT2D eigenvalue weighted by molar-refractivity contribution is 5.90. The van der Waals surface area contributed by atoms with E-state index in [0.717, 1.165) is 13.0 Å². The second-order valence-corrected chi connectivity index (χ2v) is 4.45. The van der Waals surface area contributed by atoms with Crippen molar-refractivity contribution in [2.75, 3.05) is 17.2 Å². The fraction of sp³-hybridized carbons (Fsp3) is 0.267. The smallest absolute Gasteiger partial charge is 0.224 e. The van der Waals surface area contributed by atoms with Crippen LogP contribution in [0.15, 0.2) is 36.7 Å². The van der Waals surface area contributed by atoms with Crippen LogP contribution in [0.2, 0.25) is 0 Å². The third-order valence-corrected chi connectivity index (χ3v) is 2.61. The summed E-state index contributed by atoms with van der Waals surface area (Å²) < 4.78 is 5.73. The second kappa shape index (κ2) is 7.23. The number of aromatic nitrogens is 2. The molecule has 0 aliphatic rings. The zero-order valence-corrected chi connectivity index (χ0v) is 12.1. The number of anilines is 2. The van der Waals surface area contributed by atoms with Crippen molar-refractivity contribution in [2.45, 2.75) is 20.3 Å². The zero-order valence-electron chi connectivity index (χ0n) is 12.1. The third kappa shape index (κ3) is 4.45. The molecule has 1 heterocycles. The first-order valence-corrected chi connectivity index (χ1v) is 6.79. The molecule has 0 atom stereocenters. The quantitative estimate of drug-likeness (QED) is 0.853. The molecule has 1 aromatic carbocycles. The summed E-state index contributed by atoms with van der Waals surface area (Å²) in [5.74, 6) is 1.51. The summed E-state index contributed by atoms with van der Waals surface area (Å²) in [4.78, 5) is 19.4. The Balaban J connectivity index is 2.16. The van der Waals surface area contributed by atoms with Crippen LogP contribution in [-0.4, -0.2) is 22.4 Å². The van der Waals surface area contributed by atoms with E-state index >= 15 is 0 Å². The molecule has 1 aromatic heterocycles. The molecule has 0 spiro atoms. The topological polar surface area (TPSA) is 76.1 Å². The van der Waals surface area contributed by atoms with Gasteiger partial charge in [-0.25, -0.2) is 9.97 Å². The Morgan fingerprint density at radius 2 is 2.10 bits per heavy atom. The summed E-state index contributed by atoms with van der Waals surface area (Å²) in [5, 5.41) is 5.89. The number of rotatable bonds is 6. The normalized spacial score (nSPS) is 10.0. The molecule has 110 valence electrons. The average Bonchev–Trinajstić information content (AvgIpc) is 2.47. The van der Waals surface area contributed by atoms with Gasteiger partial charge >= 0.3 is 0 Å². The first-order chi connectivity index (χ1) is 10.2. The Bertz CT molecular complexity index is 616. The number of para-hydroxylation sites is 2. The lowest BCUT2D eigenvalue weighted by Gasteiger charge is -2.11. The van der Waals surface area contributed by atoms with Crippen molar-refractivity contribution >= 4 is 17.4 Å². The summed E-state index contributed by atoms with van der Waals surface area (Å²) in [5.41, 5.74) is 0.603. The van der Waals surface area contributed by atoms with Crippen molar-refractivity contribution in [3.63, 3.8) is 0 Å². The van der Waals surface area contributed by atoms with Crippen molar-refractivity contribution in [3.8, 4) is 11.6 Å². The van der Waals surface area contributed by atoms with Crippen molar-refractivity contribution in [1.29, 1.82) is 0 Å². The van der Waals surface area contributed by atoms with E-state index in [-0.39, 0.29) is 5.91 Å². The summed E-state index contributed by atoms with van der Waals surface area (Å²) in [6.07, 6.45) is 2.44. The lowest BCUT2D eigenvalue weighted by Crippen LogP contribution is -2.07. The lowest BCUT2D eigenvalue weighted by atomic mass is 10.3. The highest BCUT2D eigenvalue weighted by Crippen LogP contribution is 2.28. The minimum atomic E-state index is -0.154. The van der Waals surface area contributed by atoms with Crippen LogP contribution in [0.5, 0.6) is 11.6 Å². The molecule has 0 bridgehead atoms. The molecule has 2 rings (SSSR count). The third-order valence-electron chi connectivity index (χ3n) is 2.61. The van der Waals surface area contributed by atoms with Crippen LogP contribution in [0.1, 0.15) is 20.3 Å². The van der Waals surface area contributed by atoms with Crippen LogP contribution < -0.4 is 15.4 Å². The van der Waals surface area contributed by atoms with E-state index in [4.69, 9.17) is 4.74 Å². The number of nitrogens with zero attached hydrogens (tertiary/aromatic N) is 2. The molecule has 0 saturated heterocycles. The van der Waals surface area contributed by atoms with Crippen LogP contribution in [0.25, 0.3) is 0 Å². The van der Waals surface area contributed by atoms with Crippen molar-refractivity contribution in [1.82, 2.24) is 9.97 Å². The van der Waals surface area contributed by atoms with E-state index in [9.17, 15) is 4.79 Å². The van der Waals surface area contributed by atoms with Gasteiger partial charge in [0, 0.05) is 19.5 Å². The Kier molecular flexibility index (Phi) is 5.09. The van der Waals surface area contributed by atoms with Gasteiger partial charge < -0.3 is 15.4 Å². The lowest BCUT2D eigenvalue weighted by molar-refractivity contribution is -0.114. The van der Waals surface area contributed by atoms with Gasteiger partial charge in [0.1, 0.15) is 12.1 Å². The van der Waals surface area contributed by atoms with E-state index in [1.54, 1.807) is 18.2 Å². The standard InChI is InChI=1S/C15H18N4O2/c1-3-8-16-14-9-15(18-10-17-14)21-13-7-5-4-6-12(13)19-11(2)20/h4-7,9-10H,3,8H2,1-2H3,(H,19,20)(H,16,17,18). The second-order valence-electron chi connectivity index (χ2n) is 4.45. The van der Waals surface area contributed by atoms with Crippen molar-refractivity contribution < 1.29 is 9.53 Å². The van der Waals surface area contributed by atoms with E-state index in [0.29, 0.717) is 23.1 Å². The first-order valence-electron chi connectivity index (χ1n) is 6.79. The number of amides is 1. The summed E-state index contributed by atoms with van der Waals surface area (Å²) in [6, 6.07) is 8.92. The number of carbonyl (C=O) groups is 1. The summed E-state index contributed by atoms with van der Waals surface area (Å²) in [6.45, 7) is 4.36. The van der Waals surface area contributed by atoms with Crippen molar-refractivity contribution in [3.05, 3.63) is 36.7 Å². The van der Waals surface area contributed by atoms with E-state index in [1.165, 1.54) is 13.3 Å². The fourth-order valence-electron chi connectivity index (χ4n) is 1.71. The van der Waals surface area contributed by atoms with Crippen LogP contribution in [0.3, 0.4) is 0 Å². The van der Waals surface area contributed by atoms with Gasteiger partial charge in [-0.15, -0.1) is 0 Å². The monoisotopic (exact) mass is 286 g/mol. The molecule has 0 aliphatic carbocycles.